The predicted octanol–water partition coefficient (Wildman–Crippen LogP) is 3.78. The van der Waals surface area contributed by atoms with Gasteiger partial charge in [-0.25, -0.2) is 0 Å². The van der Waals surface area contributed by atoms with Gasteiger partial charge in [-0.05, 0) is 37.4 Å². The summed E-state index contributed by atoms with van der Waals surface area (Å²) in [5.41, 5.74) is 2.39. The van der Waals surface area contributed by atoms with Crippen LogP contribution in [0.2, 0.25) is 0 Å². The van der Waals surface area contributed by atoms with Gasteiger partial charge in [-0.15, -0.1) is 11.8 Å². The van der Waals surface area contributed by atoms with Crippen LogP contribution in [-0.2, 0) is 9.59 Å². The summed E-state index contributed by atoms with van der Waals surface area (Å²) in [6, 6.07) is 14.8. The second-order valence-electron chi connectivity index (χ2n) is 6.32. The highest BCUT2D eigenvalue weighted by atomic mass is 32.2. The molecule has 142 valence electrons. The second kappa shape index (κ2) is 9.92. The highest BCUT2D eigenvalue weighted by Crippen LogP contribution is 2.16. The Bertz CT molecular complexity index is 801. The number of hydrogen-bond donors (Lipinski definition) is 1. The van der Waals surface area contributed by atoms with E-state index in [4.69, 9.17) is 0 Å². The first-order valence-corrected chi connectivity index (χ1v) is 9.89. The summed E-state index contributed by atoms with van der Waals surface area (Å²) in [5.74, 6) is -0.578. The number of aryl methyl sites for hydroxylation is 1. The van der Waals surface area contributed by atoms with Gasteiger partial charge in [0.1, 0.15) is 0 Å². The van der Waals surface area contributed by atoms with Crippen molar-refractivity contribution in [3.05, 3.63) is 59.7 Å². The van der Waals surface area contributed by atoms with Crippen LogP contribution in [0.1, 0.15) is 28.8 Å². The molecule has 0 spiro atoms. The zero-order valence-corrected chi connectivity index (χ0v) is 16.6. The van der Waals surface area contributed by atoms with E-state index in [2.05, 4.69) is 5.32 Å². The van der Waals surface area contributed by atoms with Gasteiger partial charge in [-0.2, -0.15) is 0 Å². The van der Waals surface area contributed by atoms with E-state index in [0.29, 0.717) is 11.3 Å². The Balaban J connectivity index is 1.79. The van der Waals surface area contributed by atoms with Crippen LogP contribution in [0, 0.1) is 6.92 Å². The Morgan fingerprint density at radius 2 is 1.59 bits per heavy atom. The van der Waals surface area contributed by atoms with Crippen molar-refractivity contribution in [1.82, 2.24) is 4.90 Å². The monoisotopic (exact) mass is 384 g/mol. The molecule has 0 heterocycles. The molecule has 2 amide bonds. The van der Waals surface area contributed by atoms with Crippen molar-refractivity contribution < 1.29 is 14.4 Å². The number of thioether (sulfide) groups is 1. The Hall–Kier alpha value is -2.60. The molecule has 0 fully saturated rings. The largest absolute Gasteiger partial charge is 0.336 e. The number of benzene rings is 2. The van der Waals surface area contributed by atoms with E-state index in [9.17, 15) is 14.4 Å². The van der Waals surface area contributed by atoms with Gasteiger partial charge >= 0.3 is 0 Å². The average molecular weight is 385 g/mol. The minimum atomic E-state index is -0.270. The molecule has 1 N–H and O–H groups in total. The number of ketones is 1. The lowest BCUT2D eigenvalue weighted by Crippen LogP contribution is -2.35. The van der Waals surface area contributed by atoms with Crippen LogP contribution in [0.5, 0.6) is 0 Å². The van der Waals surface area contributed by atoms with E-state index < -0.39 is 0 Å². The van der Waals surface area contributed by atoms with Gasteiger partial charge in [-0.1, -0.05) is 29.8 Å². The number of rotatable bonds is 8. The molecule has 0 radical (unpaired) electrons. The number of Topliss-reactive ketones (excluding diaryl/α,β-unsaturated/α-hetero) is 1. The molecule has 0 aliphatic heterocycles. The van der Waals surface area contributed by atoms with E-state index in [0.717, 1.165) is 10.5 Å². The van der Waals surface area contributed by atoms with Crippen LogP contribution in [0.25, 0.3) is 0 Å². The maximum absolute atomic E-state index is 12.2. The van der Waals surface area contributed by atoms with Gasteiger partial charge in [-0.3, -0.25) is 14.4 Å². The molecule has 2 rings (SSSR count). The fourth-order valence-electron chi connectivity index (χ4n) is 2.47. The number of likely N-dealkylation sites (N-methyl/N-ethyl adjacent to an activating group) is 1. The van der Waals surface area contributed by atoms with Crippen molar-refractivity contribution in [2.45, 2.75) is 24.7 Å². The molecule has 0 aliphatic rings. The van der Waals surface area contributed by atoms with E-state index in [-0.39, 0.29) is 37.0 Å². The van der Waals surface area contributed by atoms with Crippen LogP contribution in [0.4, 0.5) is 5.69 Å². The summed E-state index contributed by atoms with van der Waals surface area (Å²) < 4.78 is 0. The van der Waals surface area contributed by atoms with Gasteiger partial charge in [0, 0.05) is 36.0 Å². The maximum atomic E-state index is 12.2. The molecular weight excluding hydrogens is 360 g/mol. The third-order valence-corrected chi connectivity index (χ3v) is 4.86. The van der Waals surface area contributed by atoms with Crippen LogP contribution in [-0.4, -0.2) is 42.3 Å². The SMILES string of the molecule is CSc1ccc(C(=O)CCC(=O)N(C)CC(=O)Nc2ccc(C)cc2)cc1. The summed E-state index contributed by atoms with van der Waals surface area (Å²) >= 11 is 1.61. The Morgan fingerprint density at radius 3 is 2.19 bits per heavy atom. The lowest BCUT2D eigenvalue weighted by molar-refractivity contribution is -0.133. The number of carbonyl (C=O) groups is 3. The number of nitrogens with one attached hydrogen (secondary N) is 1. The van der Waals surface area contributed by atoms with E-state index in [1.54, 1.807) is 30.9 Å². The van der Waals surface area contributed by atoms with Crippen molar-refractivity contribution in [3.63, 3.8) is 0 Å². The van der Waals surface area contributed by atoms with Crippen LogP contribution in [0.3, 0.4) is 0 Å². The van der Waals surface area contributed by atoms with Gasteiger partial charge in [0.25, 0.3) is 0 Å². The van der Waals surface area contributed by atoms with Crippen molar-refractivity contribution in [2.24, 2.45) is 0 Å². The first-order valence-electron chi connectivity index (χ1n) is 8.67. The van der Waals surface area contributed by atoms with Gasteiger partial charge < -0.3 is 10.2 Å². The first-order chi connectivity index (χ1) is 12.9. The van der Waals surface area contributed by atoms with Crippen LogP contribution >= 0.6 is 11.8 Å². The molecular formula is C21H24N2O3S. The number of amides is 2. The molecule has 0 saturated carbocycles. The topological polar surface area (TPSA) is 66.5 Å². The van der Waals surface area contributed by atoms with Gasteiger partial charge in [0.15, 0.2) is 5.78 Å². The van der Waals surface area contributed by atoms with E-state index in [1.165, 1.54) is 4.90 Å². The predicted molar refractivity (Wildman–Crippen MR) is 109 cm³/mol. The van der Waals surface area contributed by atoms with E-state index in [1.807, 2.05) is 49.6 Å². The highest BCUT2D eigenvalue weighted by molar-refractivity contribution is 7.98. The summed E-state index contributed by atoms with van der Waals surface area (Å²) in [7, 11) is 1.56. The van der Waals surface area contributed by atoms with Crippen molar-refractivity contribution in [2.75, 3.05) is 25.2 Å². The fraction of sp³-hybridized carbons (Fsp3) is 0.286. The summed E-state index contributed by atoms with van der Waals surface area (Å²) in [6.45, 7) is 1.92. The highest BCUT2D eigenvalue weighted by Gasteiger charge is 2.15. The molecule has 0 aromatic heterocycles. The van der Waals surface area contributed by atoms with Crippen molar-refractivity contribution in [3.8, 4) is 0 Å². The quantitative estimate of drug-likeness (QED) is 0.556. The summed E-state index contributed by atoms with van der Waals surface area (Å²) in [5, 5.41) is 2.75. The zero-order valence-electron chi connectivity index (χ0n) is 15.8. The molecule has 5 nitrogen and oxygen atoms in total. The third-order valence-electron chi connectivity index (χ3n) is 4.12. The standard InChI is InChI=1S/C21H24N2O3S/c1-15-4-8-17(9-5-15)22-20(25)14-23(2)21(26)13-12-19(24)16-6-10-18(27-3)11-7-16/h4-11H,12-14H2,1-3H3,(H,22,25). The first kappa shape index (κ1) is 20.7. The smallest absolute Gasteiger partial charge is 0.243 e. The third kappa shape index (κ3) is 6.57. The Kier molecular flexibility index (Phi) is 7.61. The Labute approximate surface area is 164 Å². The molecule has 27 heavy (non-hydrogen) atoms. The molecule has 2 aromatic carbocycles. The van der Waals surface area contributed by atoms with E-state index >= 15 is 0 Å². The normalized spacial score (nSPS) is 10.3. The molecule has 0 unspecified atom stereocenters. The Morgan fingerprint density at radius 1 is 0.963 bits per heavy atom. The van der Waals surface area contributed by atoms with Gasteiger partial charge in [0.05, 0.1) is 6.54 Å². The summed E-state index contributed by atoms with van der Waals surface area (Å²) in [4.78, 5) is 38.9. The molecule has 0 bridgehead atoms. The lowest BCUT2D eigenvalue weighted by atomic mass is 10.1. The lowest BCUT2D eigenvalue weighted by Gasteiger charge is -2.16. The van der Waals surface area contributed by atoms with Crippen molar-refractivity contribution in [1.29, 1.82) is 0 Å². The fourth-order valence-corrected chi connectivity index (χ4v) is 2.88. The molecule has 2 aromatic rings. The number of hydrogen-bond acceptors (Lipinski definition) is 4. The number of carbonyl (C=O) groups excluding carboxylic acids is 3. The van der Waals surface area contributed by atoms with Gasteiger partial charge in [0.2, 0.25) is 11.8 Å². The molecule has 0 saturated heterocycles. The molecule has 0 atom stereocenters. The van der Waals surface area contributed by atoms with Crippen molar-refractivity contribution >= 4 is 35.0 Å². The zero-order chi connectivity index (χ0) is 19.8. The minimum Gasteiger partial charge on any atom is -0.336 e. The van der Waals surface area contributed by atoms with Crippen LogP contribution < -0.4 is 5.32 Å². The number of nitrogens with zero attached hydrogens (tertiary/aromatic N) is 1. The maximum Gasteiger partial charge on any atom is 0.243 e. The minimum absolute atomic E-state index is 0.0523. The summed E-state index contributed by atoms with van der Waals surface area (Å²) in [6.07, 6.45) is 2.18. The second-order valence-corrected chi connectivity index (χ2v) is 7.20. The molecule has 6 heteroatoms. The average Bonchev–Trinajstić information content (AvgIpc) is 2.67. The van der Waals surface area contributed by atoms with Crippen LogP contribution in [0.15, 0.2) is 53.4 Å². The molecule has 0 aliphatic carbocycles. The number of anilines is 1.